The highest BCUT2D eigenvalue weighted by molar-refractivity contribution is 6.05. The second kappa shape index (κ2) is 5.17. The Kier molecular flexibility index (Phi) is 3.21. The minimum Gasteiger partial charge on any atom is -0.504 e. The summed E-state index contributed by atoms with van der Waals surface area (Å²) in [6, 6.07) is 19.3. The number of carbonyl (C=O) groups is 1. The second-order valence-corrected chi connectivity index (χ2v) is 4.77. The molecule has 0 aromatic heterocycles. The second-order valence-electron chi connectivity index (χ2n) is 4.77. The molecule has 0 radical (unpaired) electrons. The normalized spacial score (nSPS) is 18.4. The van der Waals surface area contributed by atoms with Crippen LogP contribution in [-0.2, 0) is 4.79 Å². The van der Waals surface area contributed by atoms with Crippen LogP contribution in [0.3, 0.4) is 0 Å². The first-order valence-corrected chi connectivity index (χ1v) is 6.53. The maximum absolute atomic E-state index is 12.1. The third-order valence-corrected chi connectivity index (χ3v) is 3.44. The lowest BCUT2D eigenvalue weighted by Crippen LogP contribution is -2.16. The number of ketones is 1. The number of hydrogen-bond donors (Lipinski definition) is 1. The largest absolute Gasteiger partial charge is 0.504 e. The number of allylic oxidation sites excluding steroid dienone is 4. The summed E-state index contributed by atoms with van der Waals surface area (Å²) in [6.07, 6.45) is 3.45. The van der Waals surface area contributed by atoms with Gasteiger partial charge < -0.3 is 5.11 Å². The fourth-order valence-corrected chi connectivity index (χ4v) is 2.40. The van der Waals surface area contributed by atoms with Crippen LogP contribution in [0.5, 0.6) is 0 Å². The monoisotopic (exact) mass is 262 g/mol. The third kappa shape index (κ3) is 2.28. The summed E-state index contributed by atoms with van der Waals surface area (Å²) < 4.78 is 0. The molecule has 98 valence electrons. The van der Waals surface area contributed by atoms with Gasteiger partial charge in [0.1, 0.15) is 0 Å². The van der Waals surface area contributed by atoms with Gasteiger partial charge in [0, 0.05) is 0 Å². The molecule has 2 aromatic carbocycles. The van der Waals surface area contributed by atoms with Gasteiger partial charge in [-0.3, -0.25) is 4.79 Å². The molecule has 1 atom stereocenters. The Labute approximate surface area is 117 Å². The molecule has 2 nitrogen and oxygen atoms in total. The van der Waals surface area contributed by atoms with Gasteiger partial charge in [0.15, 0.2) is 5.76 Å². The highest BCUT2D eigenvalue weighted by Crippen LogP contribution is 2.31. The molecule has 1 N–H and O–H groups in total. The summed E-state index contributed by atoms with van der Waals surface area (Å²) >= 11 is 0. The third-order valence-electron chi connectivity index (χ3n) is 3.44. The zero-order valence-electron chi connectivity index (χ0n) is 10.9. The van der Waals surface area contributed by atoms with Crippen LogP contribution in [0.1, 0.15) is 17.0 Å². The van der Waals surface area contributed by atoms with E-state index in [4.69, 9.17) is 0 Å². The van der Waals surface area contributed by atoms with E-state index in [1.807, 2.05) is 66.7 Å². The molecule has 0 aliphatic heterocycles. The Balaban J connectivity index is 2.06. The van der Waals surface area contributed by atoms with Crippen LogP contribution in [0.4, 0.5) is 0 Å². The van der Waals surface area contributed by atoms with Crippen LogP contribution in [0.25, 0.3) is 5.57 Å². The van der Waals surface area contributed by atoms with Crippen molar-refractivity contribution in [3.8, 4) is 0 Å². The number of benzene rings is 2. The molecule has 1 aliphatic rings. The Morgan fingerprint density at radius 3 is 2.10 bits per heavy atom. The Morgan fingerprint density at radius 2 is 1.45 bits per heavy atom. The summed E-state index contributed by atoms with van der Waals surface area (Å²) in [6.45, 7) is 0. The molecule has 0 saturated carbocycles. The molecule has 0 saturated heterocycles. The number of rotatable bonds is 2. The van der Waals surface area contributed by atoms with Crippen LogP contribution in [-0.4, -0.2) is 10.9 Å². The van der Waals surface area contributed by atoms with E-state index in [1.54, 1.807) is 0 Å². The molecule has 0 heterocycles. The zero-order chi connectivity index (χ0) is 13.9. The summed E-state index contributed by atoms with van der Waals surface area (Å²) in [5.41, 5.74) is 2.76. The summed E-state index contributed by atoms with van der Waals surface area (Å²) in [4.78, 5) is 12.1. The van der Waals surface area contributed by atoms with Gasteiger partial charge in [-0.2, -0.15) is 0 Å². The van der Waals surface area contributed by atoms with Crippen molar-refractivity contribution in [1.82, 2.24) is 0 Å². The Bertz CT molecular complexity index is 682. The summed E-state index contributed by atoms with van der Waals surface area (Å²) in [7, 11) is 0. The maximum atomic E-state index is 12.1. The van der Waals surface area contributed by atoms with Gasteiger partial charge in [-0.1, -0.05) is 66.7 Å². The molecule has 20 heavy (non-hydrogen) atoms. The molecule has 0 bridgehead atoms. The molecule has 2 heteroatoms. The van der Waals surface area contributed by atoms with Crippen molar-refractivity contribution in [2.45, 2.75) is 5.92 Å². The van der Waals surface area contributed by atoms with Gasteiger partial charge in [-0.25, -0.2) is 0 Å². The van der Waals surface area contributed by atoms with Crippen LogP contribution in [0.2, 0.25) is 0 Å². The van der Waals surface area contributed by atoms with Crippen LogP contribution >= 0.6 is 0 Å². The van der Waals surface area contributed by atoms with E-state index in [9.17, 15) is 9.90 Å². The topological polar surface area (TPSA) is 37.3 Å². The van der Waals surface area contributed by atoms with Crippen molar-refractivity contribution in [2.75, 3.05) is 0 Å². The minimum atomic E-state index is -0.420. The van der Waals surface area contributed by atoms with Gasteiger partial charge in [0.2, 0.25) is 5.78 Å². The van der Waals surface area contributed by atoms with Crippen molar-refractivity contribution >= 4 is 11.4 Å². The van der Waals surface area contributed by atoms with Crippen molar-refractivity contribution < 1.29 is 9.90 Å². The SMILES string of the molecule is O=C1C(O)=CC(c2ccccc2)=CC1c1ccccc1. The molecule has 1 aliphatic carbocycles. The molecule has 0 amide bonds. The molecular weight excluding hydrogens is 248 g/mol. The van der Waals surface area contributed by atoms with E-state index in [0.29, 0.717) is 0 Å². The van der Waals surface area contributed by atoms with Gasteiger partial charge >= 0.3 is 0 Å². The van der Waals surface area contributed by atoms with Crippen LogP contribution in [0, 0.1) is 0 Å². The van der Waals surface area contributed by atoms with E-state index >= 15 is 0 Å². The van der Waals surface area contributed by atoms with Crippen LogP contribution in [0.15, 0.2) is 78.6 Å². The van der Waals surface area contributed by atoms with Crippen molar-refractivity contribution in [2.24, 2.45) is 0 Å². The molecule has 0 spiro atoms. The molecule has 3 rings (SSSR count). The van der Waals surface area contributed by atoms with Gasteiger partial charge in [0.25, 0.3) is 0 Å². The number of aliphatic hydroxyl groups is 1. The highest BCUT2D eigenvalue weighted by atomic mass is 16.3. The van der Waals surface area contributed by atoms with Crippen molar-refractivity contribution in [1.29, 1.82) is 0 Å². The fourth-order valence-electron chi connectivity index (χ4n) is 2.40. The van der Waals surface area contributed by atoms with E-state index in [1.165, 1.54) is 6.08 Å². The maximum Gasteiger partial charge on any atom is 0.208 e. The minimum absolute atomic E-state index is 0.180. The van der Waals surface area contributed by atoms with Crippen LogP contribution < -0.4 is 0 Å². The average molecular weight is 262 g/mol. The predicted molar refractivity (Wildman–Crippen MR) is 79.3 cm³/mol. The van der Waals surface area contributed by atoms with E-state index < -0.39 is 5.92 Å². The van der Waals surface area contributed by atoms with E-state index in [2.05, 4.69) is 0 Å². The van der Waals surface area contributed by atoms with Gasteiger partial charge in [-0.05, 0) is 22.8 Å². The van der Waals surface area contributed by atoms with Gasteiger partial charge in [0.05, 0.1) is 5.92 Å². The lowest BCUT2D eigenvalue weighted by atomic mass is 9.85. The molecule has 2 aromatic rings. The average Bonchev–Trinajstić information content (AvgIpc) is 2.51. The Morgan fingerprint density at radius 1 is 0.850 bits per heavy atom. The first kappa shape index (κ1) is 12.4. The number of hydrogen-bond acceptors (Lipinski definition) is 2. The standard InChI is InChI=1S/C18H14O2/c19-17-12-15(13-7-3-1-4-8-13)11-16(18(17)20)14-9-5-2-6-10-14/h1-12,16,19H. The molecular formula is C18H14O2. The first-order valence-electron chi connectivity index (χ1n) is 6.53. The van der Waals surface area contributed by atoms with Crippen molar-refractivity contribution in [3.05, 3.63) is 89.7 Å². The highest BCUT2D eigenvalue weighted by Gasteiger charge is 2.26. The Hall–Kier alpha value is -2.61. The number of aliphatic hydroxyl groups excluding tert-OH is 1. The number of Topliss-reactive ketones (excluding diaryl/α,β-unsaturated/α-hetero) is 1. The smallest absolute Gasteiger partial charge is 0.208 e. The zero-order valence-corrected chi connectivity index (χ0v) is 10.9. The predicted octanol–water partition coefficient (Wildman–Crippen LogP) is 3.88. The first-order chi connectivity index (χ1) is 9.75. The quantitative estimate of drug-likeness (QED) is 0.891. The fraction of sp³-hybridized carbons (Fsp3) is 0.0556. The van der Waals surface area contributed by atoms with Crippen molar-refractivity contribution in [3.63, 3.8) is 0 Å². The lowest BCUT2D eigenvalue weighted by molar-refractivity contribution is -0.118. The summed E-state index contributed by atoms with van der Waals surface area (Å²) in [5.74, 6) is -0.854. The molecule has 1 unspecified atom stereocenters. The lowest BCUT2D eigenvalue weighted by Gasteiger charge is -2.18. The van der Waals surface area contributed by atoms with E-state index in [-0.39, 0.29) is 11.5 Å². The summed E-state index contributed by atoms with van der Waals surface area (Å²) in [5, 5.41) is 9.91. The number of carbonyl (C=O) groups excluding carboxylic acids is 1. The van der Waals surface area contributed by atoms with E-state index in [0.717, 1.165) is 16.7 Å². The van der Waals surface area contributed by atoms with Gasteiger partial charge in [-0.15, -0.1) is 0 Å². The molecule has 0 fully saturated rings.